The van der Waals surface area contributed by atoms with E-state index in [1.165, 1.54) is 0 Å². The average molecular weight is 320 g/mol. The fourth-order valence-electron chi connectivity index (χ4n) is 2.68. The summed E-state index contributed by atoms with van der Waals surface area (Å²) in [4.78, 5) is 18.6. The third-order valence-corrected chi connectivity index (χ3v) is 4.27. The Morgan fingerprint density at radius 2 is 2.23 bits per heavy atom. The molecule has 0 saturated carbocycles. The van der Waals surface area contributed by atoms with Crippen molar-refractivity contribution < 1.29 is 4.79 Å². The van der Waals surface area contributed by atoms with Crippen molar-refractivity contribution in [3.05, 3.63) is 40.9 Å². The highest BCUT2D eigenvalue weighted by molar-refractivity contribution is 6.32. The molecule has 1 aliphatic heterocycles. The van der Waals surface area contributed by atoms with Gasteiger partial charge in [-0.2, -0.15) is 0 Å². The Labute approximate surface area is 133 Å². The molecule has 1 atom stereocenters. The molecule has 0 spiro atoms. The highest BCUT2D eigenvalue weighted by Gasteiger charge is 2.28. The minimum Gasteiger partial charge on any atom is -0.336 e. The first-order valence-corrected chi connectivity index (χ1v) is 7.66. The molecule has 1 aromatic heterocycles. The maximum absolute atomic E-state index is 12.5. The summed E-state index contributed by atoms with van der Waals surface area (Å²) < 4.78 is 1.60. The van der Waals surface area contributed by atoms with E-state index in [-0.39, 0.29) is 11.7 Å². The lowest BCUT2D eigenvalue weighted by Gasteiger charge is -2.13. The van der Waals surface area contributed by atoms with E-state index >= 15 is 0 Å². The summed E-state index contributed by atoms with van der Waals surface area (Å²) in [5.41, 5.74) is 6.38. The quantitative estimate of drug-likeness (QED) is 0.933. The molecule has 1 unspecified atom stereocenters. The third-order valence-electron chi connectivity index (χ3n) is 3.95. The van der Waals surface area contributed by atoms with E-state index in [0.29, 0.717) is 36.4 Å². The number of nitrogens with two attached hydrogens (primary N) is 1. The molecule has 0 radical (unpaired) electrons. The second kappa shape index (κ2) is 6.06. The Hall–Kier alpha value is -1.92. The van der Waals surface area contributed by atoms with E-state index in [1.54, 1.807) is 22.6 Å². The fraction of sp³-hybridized carbons (Fsp3) is 0.400. The van der Waals surface area contributed by atoms with Crippen molar-refractivity contribution in [3.63, 3.8) is 0 Å². The Morgan fingerprint density at radius 1 is 1.45 bits per heavy atom. The first-order valence-electron chi connectivity index (χ1n) is 7.28. The Bertz CT molecular complexity index is 699. The van der Waals surface area contributed by atoms with Crippen LogP contribution < -0.4 is 5.73 Å². The highest BCUT2D eigenvalue weighted by Crippen LogP contribution is 2.21. The summed E-state index contributed by atoms with van der Waals surface area (Å²) in [5.74, 6) is 1.06. The molecule has 1 fully saturated rings. The van der Waals surface area contributed by atoms with Crippen molar-refractivity contribution in [2.75, 3.05) is 19.6 Å². The molecule has 0 aliphatic carbocycles. The lowest BCUT2D eigenvalue weighted by Crippen LogP contribution is -2.30. The monoisotopic (exact) mass is 319 g/mol. The van der Waals surface area contributed by atoms with Crippen LogP contribution in [0.3, 0.4) is 0 Å². The molecular weight excluding hydrogens is 302 g/mol. The van der Waals surface area contributed by atoms with E-state index < -0.39 is 0 Å². The van der Waals surface area contributed by atoms with Gasteiger partial charge in [-0.1, -0.05) is 23.7 Å². The molecule has 6 nitrogen and oxygen atoms in total. The third kappa shape index (κ3) is 2.71. The summed E-state index contributed by atoms with van der Waals surface area (Å²) >= 11 is 6.19. The Balaban J connectivity index is 1.87. The van der Waals surface area contributed by atoms with Crippen molar-refractivity contribution in [1.29, 1.82) is 0 Å². The summed E-state index contributed by atoms with van der Waals surface area (Å²) in [5, 5.41) is 4.90. The number of rotatable bonds is 3. The predicted octanol–water partition coefficient (Wildman–Crippen LogP) is 1.65. The number of benzene rings is 1. The van der Waals surface area contributed by atoms with Crippen LogP contribution in [-0.4, -0.2) is 45.2 Å². The number of halogens is 1. The van der Waals surface area contributed by atoms with Gasteiger partial charge in [0.15, 0.2) is 0 Å². The molecule has 1 aliphatic rings. The molecule has 22 heavy (non-hydrogen) atoms. The lowest BCUT2D eigenvalue weighted by molar-refractivity contribution is 0.0775. The van der Waals surface area contributed by atoms with Crippen molar-refractivity contribution >= 4 is 17.5 Å². The zero-order valence-corrected chi connectivity index (χ0v) is 13.1. The molecule has 2 aromatic rings. The molecule has 0 bridgehead atoms. The van der Waals surface area contributed by atoms with Crippen molar-refractivity contribution in [3.8, 4) is 5.69 Å². The standard InChI is InChI=1S/C15H18ClN5O/c1-10-18-14(15(22)20-7-6-11(8-17)9-20)19-21(10)13-5-3-2-4-12(13)16/h2-5,11H,6-9,17H2,1H3. The van der Waals surface area contributed by atoms with Crippen LogP contribution in [0.25, 0.3) is 5.69 Å². The van der Waals surface area contributed by atoms with Gasteiger partial charge in [0, 0.05) is 13.1 Å². The SMILES string of the molecule is Cc1nc(C(=O)N2CCC(CN)C2)nn1-c1ccccc1Cl. The van der Waals surface area contributed by atoms with Crippen LogP contribution in [0.15, 0.2) is 24.3 Å². The largest absolute Gasteiger partial charge is 0.336 e. The van der Waals surface area contributed by atoms with Gasteiger partial charge in [0.1, 0.15) is 5.82 Å². The summed E-state index contributed by atoms with van der Waals surface area (Å²) in [6.45, 7) is 3.79. The molecule has 1 amide bonds. The number of amides is 1. The number of para-hydroxylation sites is 1. The zero-order valence-electron chi connectivity index (χ0n) is 12.4. The van der Waals surface area contributed by atoms with Crippen LogP contribution in [0, 0.1) is 12.8 Å². The van der Waals surface area contributed by atoms with Crippen LogP contribution in [0.5, 0.6) is 0 Å². The number of aryl methyl sites for hydroxylation is 1. The molecule has 3 rings (SSSR count). The van der Waals surface area contributed by atoms with Crippen LogP contribution in [0.2, 0.25) is 5.02 Å². The second-order valence-electron chi connectivity index (χ2n) is 5.49. The van der Waals surface area contributed by atoms with Gasteiger partial charge >= 0.3 is 0 Å². The number of hydrogen-bond donors (Lipinski definition) is 1. The van der Waals surface area contributed by atoms with E-state index in [1.807, 2.05) is 18.2 Å². The zero-order chi connectivity index (χ0) is 15.7. The number of nitrogens with zero attached hydrogens (tertiary/aromatic N) is 4. The highest BCUT2D eigenvalue weighted by atomic mass is 35.5. The first kappa shape index (κ1) is 15.0. The number of likely N-dealkylation sites (tertiary alicyclic amines) is 1. The molecule has 1 aromatic carbocycles. The minimum atomic E-state index is -0.148. The van der Waals surface area contributed by atoms with E-state index in [0.717, 1.165) is 12.1 Å². The van der Waals surface area contributed by atoms with Crippen LogP contribution in [0.4, 0.5) is 0 Å². The van der Waals surface area contributed by atoms with Crippen LogP contribution in [-0.2, 0) is 0 Å². The molecular formula is C15H18ClN5O. The van der Waals surface area contributed by atoms with Crippen LogP contribution >= 0.6 is 11.6 Å². The number of aromatic nitrogens is 3. The lowest BCUT2D eigenvalue weighted by atomic mass is 10.1. The van der Waals surface area contributed by atoms with Crippen LogP contribution in [0.1, 0.15) is 22.9 Å². The maximum atomic E-state index is 12.5. The number of carbonyl (C=O) groups is 1. The topological polar surface area (TPSA) is 77.0 Å². The Morgan fingerprint density at radius 3 is 2.91 bits per heavy atom. The van der Waals surface area contributed by atoms with Gasteiger partial charge < -0.3 is 10.6 Å². The fourth-order valence-corrected chi connectivity index (χ4v) is 2.90. The minimum absolute atomic E-state index is 0.148. The molecule has 2 N–H and O–H groups in total. The Kier molecular flexibility index (Phi) is 4.13. The van der Waals surface area contributed by atoms with Crippen molar-refractivity contribution in [2.45, 2.75) is 13.3 Å². The molecule has 116 valence electrons. The van der Waals surface area contributed by atoms with Gasteiger partial charge in [-0.3, -0.25) is 4.79 Å². The first-order chi connectivity index (χ1) is 10.6. The van der Waals surface area contributed by atoms with Crippen molar-refractivity contribution in [2.24, 2.45) is 11.7 Å². The number of hydrogen-bond acceptors (Lipinski definition) is 4. The predicted molar refractivity (Wildman–Crippen MR) is 84.2 cm³/mol. The van der Waals surface area contributed by atoms with E-state index in [2.05, 4.69) is 10.1 Å². The maximum Gasteiger partial charge on any atom is 0.293 e. The van der Waals surface area contributed by atoms with Gasteiger partial charge in [0.05, 0.1) is 10.7 Å². The van der Waals surface area contributed by atoms with Gasteiger partial charge in [-0.05, 0) is 37.9 Å². The van der Waals surface area contributed by atoms with Gasteiger partial charge in [0.25, 0.3) is 5.91 Å². The van der Waals surface area contributed by atoms with Gasteiger partial charge in [0.2, 0.25) is 5.82 Å². The van der Waals surface area contributed by atoms with E-state index in [4.69, 9.17) is 17.3 Å². The van der Waals surface area contributed by atoms with Crippen molar-refractivity contribution in [1.82, 2.24) is 19.7 Å². The van der Waals surface area contributed by atoms with E-state index in [9.17, 15) is 4.79 Å². The van der Waals surface area contributed by atoms with Gasteiger partial charge in [-0.15, -0.1) is 5.10 Å². The average Bonchev–Trinajstić information content (AvgIpc) is 3.14. The molecule has 1 saturated heterocycles. The number of carbonyl (C=O) groups excluding carboxylic acids is 1. The smallest absolute Gasteiger partial charge is 0.293 e. The normalized spacial score (nSPS) is 18.0. The summed E-state index contributed by atoms with van der Waals surface area (Å²) in [6.07, 6.45) is 0.937. The second-order valence-corrected chi connectivity index (χ2v) is 5.89. The summed E-state index contributed by atoms with van der Waals surface area (Å²) in [6, 6.07) is 7.35. The molecule has 7 heteroatoms. The van der Waals surface area contributed by atoms with Gasteiger partial charge in [-0.25, -0.2) is 9.67 Å². The molecule has 2 heterocycles. The summed E-state index contributed by atoms with van der Waals surface area (Å²) in [7, 11) is 0.